The van der Waals surface area contributed by atoms with E-state index in [9.17, 15) is 4.79 Å². The largest absolute Gasteiger partial charge is 0.352 e. The Kier molecular flexibility index (Phi) is 7.14. The highest BCUT2D eigenvalue weighted by Gasteiger charge is 2.24. The van der Waals surface area contributed by atoms with Crippen LogP contribution in [0.5, 0.6) is 0 Å². The molecule has 2 heterocycles. The number of para-hydroxylation sites is 2. The van der Waals surface area contributed by atoms with Crippen LogP contribution in [0.4, 0.5) is 0 Å². The number of thioether (sulfide) groups is 1. The smallest absolute Gasteiger partial charge is 0.240 e. The van der Waals surface area contributed by atoms with Gasteiger partial charge in [0.25, 0.3) is 0 Å². The zero-order valence-corrected chi connectivity index (χ0v) is 18.4. The molecule has 2 aliphatic rings. The van der Waals surface area contributed by atoms with Crippen molar-refractivity contribution >= 4 is 28.7 Å². The Morgan fingerprint density at radius 1 is 1.14 bits per heavy atom. The van der Waals surface area contributed by atoms with Crippen LogP contribution in [0.3, 0.4) is 0 Å². The number of aromatic nitrogens is 2. The molecule has 1 aliphatic heterocycles. The van der Waals surface area contributed by atoms with Gasteiger partial charge in [0.05, 0.1) is 16.8 Å². The molecule has 1 amide bonds. The minimum absolute atomic E-state index is 0.112. The van der Waals surface area contributed by atoms with Crippen molar-refractivity contribution in [1.29, 1.82) is 0 Å². The highest BCUT2D eigenvalue weighted by Crippen LogP contribution is 2.25. The molecule has 0 radical (unpaired) electrons. The molecule has 2 aromatic rings. The molecular formula is C23H34N4OS. The second-order valence-corrected chi connectivity index (χ2v) is 9.55. The fourth-order valence-electron chi connectivity index (χ4n) is 4.95. The van der Waals surface area contributed by atoms with E-state index in [1.54, 1.807) is 11.8 Å². The Morgan fingerprint density at radius 2 is 1.90 bits per heavy atom. The number of fused-ring (bicyclic) bond motifs is 1. The van der Waals surface area contributed by atoms with E-state index in [0.29, 0.717) is 12.6 Å². The van der Waals surface area contributed by atoms with Crippen LogP contribution in [0.1, 0.15) is 50.8 Å². The number of hydrogen-bond acceptors (Lipinski definition) is 4. The summed E-state index contributed by atoms with van der Waals surface area (Å²) in [5.41, 5.74) is 2.02. The Labute approximate surface area is 178 Å². The van der Waals surface area contributed by atoms with Gasteiger partial charge in [0.2, 0.25) is 5.91 Å². The molecule has 29 heavy (non-hydrogen) atoms. The summed E-state index contributed by atoms with van der Waals surface area (Å²) >= 11 is 1.74. The summed E-state index contributed by atoms with van der Waals surface area (Å²) in [6.45, 7) is 3.86. The van der Waals surface area contributed by atoms with E-state index in [2.05, 4.69) is 27.1 Å². The van der Waals surface area contributed by atoms with Crippen LogP contribution in [0, 0.1) is 5.92 Å². The lowest BCUT2D eigenvalue weighted by atomic mass is 9.88. The number of amides is 1. The summed E-state index contributed by atoms with van der Waals surface area (Å²) in [7, 11) is 0. The number of carbonyl (C=O) groups excluding carboxylic acids is 1. The van der Waals surface area contributed by atoms with Crippen molar-refractivity contribution in [3.8, 4) is 0 Å². The van der Waals surface area contributed by atoms with Gasteiger partial charge in [-0.3, -0.25) is 4.79 Å². The molecule has 1 aliphatic carbocycles. The summed E-state index contributed by atoms with van der Waals surface area (Å²) in [5, 5.41) is 3.29. The van der Waals surface area contributed by atoms with Gasteiger partial charge in [-0.05, 0) is 50.0 Å². The topological polar surface area (TPSA) is 50.2 Å². The van der Waals surface area contributed by atoms with Gasteiger partial charge in [0.1, 0.15) is 12.4 Å². The van der Waals surface area contributed by atoms with Crippen LogP contribution in [0.25, 0.3) is 11.0 Å². The first-order valence-electron chi connectivity index (χ1n) is 11.2. The number of nitrogens with zero attached hydrogens (tertiary/aromatic N) is 3. The van der Waals surface area contributed by atoms with Crippen LogP contribution < -0.4 is 5.32 Å². The number of carbonyl (C=O) groups is 1. The molecule has 0 unspecified atom stereocenters. The number of benzene rings is 1. The second kappa shape index (κ2) is 9.98. The van der Waals surface area contributed by atoms with Crippen molar-refractivity contribution in [3.63, 3.8) is 0 Å². The first-order chi connectivity index (χ1) is 14.2. The third kappa shape index (κ3) is 5.34. The molecule has 2 fully saturated rings. The molecule has 0 spiro atoms. The standard InChI is InChI=1S/C23H34N4OS/c1-29-17-22-25-20-9-5-6-10-21(20)27(22)16-23(28)24-19-11-13-26(14-12-19)15-18-7-3-2-4-8-18/h5-6,9-10,18-19H,2-4,7-8,11-17H2,1H3,(H,24,28). The van der Waals surface area contributed by atoms with Gasteiger partial charge in [-0.25, -0.2) is 4.98 Å². The third-order valence-electron chi connectivity index (χ3n) is 6.50. The van der Waals surface area contributed by atoms with Crippen LogP contribution in [0.15, 0.2) is 24.3 Å². The second-order valence-electron chi connectivity index (χ2n) is 8.68. The Bertz CT molecular complexity index is 806. The monoisotopic (exact) mass is 414 g/mol. The van der Waals surface area contributed by atoms with Gasteiger partial charge in [-0.2, -0.15) is 11.8 Å². The highest BCUT2D eigenvalue weighted by atomic mass is 32.2. The predicted octanol–water partition coefficient (Wildman–Crippen LogP) is 4.06. The minimum atomic E-state index is 0.112. The lowest BCUT2D eigenvalue weighted by Crippen LogP contribution is -2.46. The third-order valence-corrected chi connectivity index (χ3v) is 7.05. The van der Waals surface area contributed by atoms with Crippen molar-refractivity contribution in [1.82, 2.24) is 19.8 Å². The number of nitrogens with one attached hydrogen (secondary N) is 1. The Balaban J connectivity index is 1.29. The van der Waals surface area contributed by atoms with Gasteiger partial charge in [-0.15, -0.1) is 0 Å². The highest BCUT2D eigenvalue weighted by molar-refractivity contribution is 7.97. The normalized spacial score (nSPS) is 19.6. The van der Waals surface area contributed by atoms with Crippen LogP contribution in [-0.4, -0.2) is 52.3 Å². The summed E-state index contributed by atoms with van der Waals surface area (Å²) in [5.74, 6) is 2.82. The SMILES string of the molecule is CSCc1nc2ccccc2n1CC(=O)NC1CCN(CC2CCCCC2)CC1. The number of piperidine rings is 1. The summed E-state index contributed by atoms with van der Waals surface area (Å²) in [4.78, 5) is 20.1. The van der Waals surface area contributed by atoms with Crippen molar-refractivity contribution < 1.29 is 4.79 Å². The lowest BCUT2D eigenvalue weighted by molar-refractivity contribution is -0.122. The van der Waals surface area contributed by atoms with E-state index in [1.807, 2.05) is 18.2 Å². The van der Waals surface area contributed by atoms with Crippen molar-refractivity contribution in [3.05, 3.63) is 30.1 Å². The fraction of sp³-hybridized carbons (Fsp3) is 0.652. The maximum Gasteiger partial charge on any atom is 0.240 e. The Morgan fingerprint density at radius 3 is 2.66 bits per heavy atom. The number of hydrogen-bond donors (Lipinski definition) is 1. The average molecular weight is 415 g/mol. The van der Waals surface area contributed by atoms with Crippen LogP contribution >= 0.6 is 11.8 Å². The van der Waals surface area contributed by atoms with E-state index in [-0.39, 0.29) is 5.91 Å². The van der Waals surface area contributed by atoms with Gasteiger partial charge in [0.15, 0.2) is 0 Å². The lowest BCUT2D eigenvalue weighted by Gasteiger charge is -2.35. The molecule has 6 heteroatoms. The van der Waals surface area contributed by atoms with Crippen molar-refractivity contribution in [2.24, 2.45) is 5.92 Å². The molecule has 0 atom stereocenters. The molecular weight excluding hydrogens is 380 g/mol. The number of likely N-dealkylation sites (tertiary alicyclic amines) is 1. The molecule has 4 rings (SSSR count). The van der Waals surface area contributed by atoms with Gasteiger partial charge in [0, 0.05) is 25.7 Å². The van der Waals surface area contributed by atoms with E-state index >= 15 is 0 Å². The zero-order valence-electron chi connectivity index (χ0n) is 17.6. The molecule has 0 bridgehead atoms. The van der Waals surface area contributed by atoms with Crippen LogP contribution in [-0.2, 0) is 17.1 Å². The van der Waals surface area contributed by atoms with Crippen molar-refractivity contribution in [2.45, 2.75) is 63.3 Å². The molecule has 1 aromatic heterocycles. The molecule has 5 nitrogen and oxygen atoms in total. The fourth-order valence-corrected chi connectivity index (χ4v) is 5.43. The predicted molar refractivity (Wildman–Crippen MR) is 121 cm³/mol. The maximum absolute atomic E-state index is 12.8. The number of rotatable bonds is 7. The van der Waals surface area contributed by atoms with Crippen LogP contribution in [0.2, 0.25) is 0 Å². The molecule has 1 N–H and O–H groups in total. The van der Waals surface area contributed by atoms with Gasteiger partial charge >= 0.3 is 0 Å². The zero-order chi connectivity index (χ0) is 20.1. The first-order valence-corrected chi connectivity index (χ1v) is 12.6. The average Bonchev–Trinajstić information content (AvgIpc) is 3.08. The Hall–Kier alpha value is -1.53. The van der Waals surface area contributed by atoms with Gasteiger partial charge in [-0.1, -0.05) is 31.4 Å². The van der Waals surface area contributed by atoms with Crippen molar-refractivity contribution in [2.75, 3.05) is 25.9 Å². The van der Waals surface area contributed by atoms with E-state index in [4.69, 9.17) is 4.98 Å². The van der Waals surface area contributed by atoms with Gasteiger partial charge < -0.3 is 14.8 Å². The number of imidazole rings is 1. The summed E-state index contributed by atoms with van der Waals surface area (Å²) < 4.78 is 2.08. The maximum atomic E-state index is 12.8. The molecule has 158 valence electrons. The minimum Gasteiger partial charge on any atom is -0.352 e. The van der Waals surface area contributed by atoms with E-state index in [0.717, 1.165) is 54.5 Å². The summed E-state index contributed by atoms with van der Waals surface area (Å²) in [6.07, 6.45) is 11.3. The van der Waals surface area contributed by atoms with E-state index in [1.165, 1.54) is 38.6 Å². The quantitative estimate of drug-likeness (QED) is 0.742. The first kappa shape index (κ1) is 20.7. The molecule has 1 saturated carbocycles. The summed E-state index contributed by atoms with van der Waals surface area (Å²) in [6, 6.07) is 8.41. The van der Waals surface area contributed by atoms with E-state index < -0.39 is 0 Å². The molecule has 1 aromatic carbocycles. The molecule has 1 saturated heterocycles.